The predicted octanol–water partition coefficient (Wildman–Crippen LogP) is 2.62. The highest BCUT2D eigenvalue weighted by Gasteiger charge is 2.36. The Morgan fingerprint density at radius 3 is 2.97 bits per heavy atom. The number of thiazole rings is 1. The fourth-order valence-electron chi connectivity index (χ4n) is 4.15. The minimum atomic E-state index is -0.720. The summed E-state index contributed by atoms with van der Waals surface area (Å²) >= 11 is 1.56. The van der Waals surface area contributed by atoms with Crippen molar-refractivity contribution in [1.82, 2.24) is 14.9 Å². The second-order valence-corrected chi connectivity index (χ2v) is 8.76. The number of pyridine rings is 1. The zero-order valence-electron chi connectivity index (χ0n) is 17.5. The molecule has 0 saturated carbocycles. The maximum Gasteiger partial charge on any atom is 0.313 e. The molecular weight excluding hydrogens is 430 g/mol. The quantitative estimate of drug-likeness (QED) is 0.585. The Labute approximate surface area is 188 Å². The minimum absolute atomic E-state index is 0.123. The number of nitrogens with zero attached hydrogens (tertiary/aromatic N) is 3. The summed E-state index contributed by atoms with van der Waals surface area (Å²) in [6.07, 6.45) is 2.09. The minimum Gasteiger partial charge on any atom is -0.383 e. The number of hydrogen-bond donors (Lipinski definition) is 2. The summed E-state index contributed by atoms with van der Waals surface area (Å²) in [5.41, 5.74) is 11.4. The first-order chi connectivity index (χ1) is 15.5. The van der Waals surface area contributed by atoms with Crippen molar-refractivity contribution in [3.05, 3.63) is 46.6 Å². The Morgan fingerprint density at radius 1 is 1.28 bits per heavy atom. The number of morpholine rings is 1. The van der Waals surface area contributed by atoms with Gasteiger partial charge in [0.25, 0.3) is 0 Å². The standard InChI is InChI=1S/C22H23N5O4S/c1-2-13-7-27(18(10-31-13)12-3-4-19-16(5-12)25-11-32-19)22(29)21(28)26-17-6-24-20(23)15-9-30-8-14(15)17/h3-6,11,13,18H,2,7-10H2,1H3,(H2,23,24)(H,26,28). The summed E-state index contributed by atoms with van der Waals surface area (Å²) < 4.78 is 12.5. The molecule has 166 valence electrons. The Kier molecular flexibility index (Phi) is 5.50. The summed E-state index contributed by atoms with van der Waals surface area (Å²) in [4.78, 5) is 36.4. The van der Waals surface area contributed by atoms with Crippen LogP contribution in [-0.2, 0) is 32.3 Å². The lowest BCUT2D eigenvalue weighted by atomic mass is 10.0. The average molecular weight is 454 g/mol. The van der Waals surface area contributed by atoms with Gasteiger partial charge in [-0.25, -0.2) is 9.97 Å². The van der Waals surface area contributed by atoms with E-state index in [-0.39, 0.29) is 12.1 Å². The molecule has 1 aromatic carbocycles. The van der Waals surface area contributed by atoms with E-state index in [9.17, 15) is 9.59 Å². The third-order valence-electron chi connectivity index (χ3n) is 5.99. The van der Waals surface area contributed by atoms with E-state index >= 15 is 0 Å². The number of ether oxygens (including phenoxy) is 2. The number of benzene rings is 1. The monoisotopic (exact) mass is 453 g/mol. The van der Waals surface area contributed by atoms with Crippen LogP contribution in [0.5, 0.6) is 0 Å². The van der Waals surface area contributed by atoms with Gasteiger partial charge in [-0.2, -0.15) is 0 Å². The highest BCUT2D eigenvalue weighted by Crippen LogP contribution is 2.32. The van der Waals surface area contributed by atoms with Gasteiger partial charge in [-0.15, -0.1) is 11.3 Å². The summed E-state index contributed by atoms with van der Waals surface area (Å²) in [5.74, 6) is -0.958. The van der Waals surface area contributed by atoms with E-state index in [1.54, 1.807) is 21.7 Å². The fourth-order valence-corrected chi connectivity index (χ4v) is 4.81. The molecule has 32 heavy (non-hydrogen) atoms. The lowest BCUT2D eigenvalue weighted by Gasteiger charge is -2.39. The van der Waals surface area contributed by atoms with Crippen molar-refractivity contribution in [3.8, 4) is 0 Å². The maximum absolute atomic E-state index is 13.3. The number of fused-ring (bicyclic) bond motifs is 2. The molecule has 3 N–H and O–H groups in total. The van der Waals surface area contributed by atoms with E-state index in [2.05, 4.69) is 15.3 Å². The van der Waals surface area contributed by atoms with E-state index in [1.807, 2.05) is 25.1 Å². The summed E-state index contributed by atoms with van der Waals surface area (Å²) in [5, 5.41) is 2.72. The maximum atomic E-state index is 13.3. The van der Waals surface area contributed by atoms with E-state index in [0.717, 1.165) is 33.3 Å². The van der Waals surface area contributed by atoms with Gasteiger partial charge in [-0.1, -0.05) is 13.0 Å². The Balaban J connectivity index is 1.41. The SMILES string of the molecule is CCC1CN(C(=O)C(=O)Nc2cnc(N)c3c2COC3)C(c2ccc3scnc3c2)CO1. The van der Waals surface area contributed by atoms with Crippen molar-refractivity contribution in [2.45, 2.75) is 38.7 Å². The van der Waals surface area contributed by atoms with E-state index in [1.165, 1.54) is 6.20 Å². The molecule has 4 heterocycles. The molecule has 1 saturated heterocycles. The molecule has 9 nitrogen and oxygen atoms in total. The molecule has 2 aromatic heterocycles. The molecule has 1 fully saturated rings. The van der Waals surface area contributed by atoms with Gasteiger partial charge in [0.05, 0.1) is 59.6 Å². The molecular formula is C22H23N5O4S. The number of hydrogen-bond acceptors (Lipinski definition) is 8. The lowest BCUT2D eigenvalue weighted by Crippen LogP contribution is -2.51. The first kappa shape index (κ1) is 20.8. The van der Waals surface area contributed by atoms with Gasteiger partial charge in [0.2, 0.25) is 0 Å². The number of carbonyl (C=O) groups is 2. The first-order valence-electron chi connectivity index (χ1n) is 10.5. The Hall–Kier alpha value is -3.08. The highest BCUT2D eigenvalue weighted by molar-refractivity contribution is 7.16. The van der Waals surface area contributed by atoms with Crippen molar-refractivity contribution >= 4 is 44.9 Å². The van der Waals surface area contributed by atoms with Gasteiger partial charge >= 0.3 is 11.8 Å². The van der Waals surface area contributed by atoms with Crippen LogP contribution >= 0.6 is 11.3 Å². The number of carbonyl (C=O) groups excluding carboxylic acids is 2. The van der Waals surface area contributed by atoms with Gasteiger partial charge in [0, 0.05) is 17.7 Å². The number of amides is 2. The van der Waals surface area contributed by atoms with Crippen molar-refractivity contribution < 1.29 is 19.1 Å². The number of aromatic nitrogens is 2. The largest absolute Gasteiger partial charge is 0.383 e. The van der Waals surface area contributed by atoms with E-state index in [4.69, 9.17) is 15.2 Å². The third-order valence-corrected chi connectivity index (χ3v) is 6.80. The van der Waals surface area contributed by atoms with Crippen LogP contribution < -0.4 is 11.1 Å². The molecule has 3 aromatic rings. The molecule has 10 heteroatoms. The second-order valence-electron chi connectivity index (χ2n) is 7.88. The predicted molar refractivity (Wildman–Crippen MR) is 120 cm³/mol. The zero-order chi connectivity index (χ0) is 22.2. The summed E-state index contributed by atoms with van der Waals surface area (Å²) in [6, 6.07) is 5.53. The first-order valence-corrected chi connectivity index (χ1v) is 11.3. The van der Waals surface area contributed by atoms with Crippen LogP contribution in [0.2, 0.25) is 0 Å². The van der Waals surface area contributed by atoms with Crippen molar-refractivity contribution in [3.63, 3.8) is 0 Å². The molecule has 2 amide bonds. The van der Waals surface area contributed by atoms with Gasteiger partial charge in [-0.3, -0.25) is 9.59 Å². The smallest absolute Gasteiger partial charge is 0.313 e. The summed E-state index contributed by atoms with van der Waals surface area (Å²) in [7, 11) is 0. The highest BCUT2D eigenvalue weighted by atomic mass is 32.1. The van der Waals surface area contributed by atoms with Crippen molar-refractivity contribution in [2.24, 2.45) is 0 Å². The van der Waals surface area contributed by atoms with Gasteiger partial charge in [0.15, 0.2) is 0 Å². The number of anilines is 2. The van der Waals surface area contributed by atoms with Gasteiger partial charge in [0.1, 0.15) is 5.82 Å². The Bertz CT molecular complexity index is 1200. The summed E-state index contributed by atoms with van der Waals surface area (Å²) in [6.45, 7) is 3.31. The van der Waals surface area contributed by atoms with Crippen LogP contribution in [0, 0.1) is 0 Å². The molecule has 2 unspecified atom stereocenters. The molecule has 0 radical (unpaired) electrons. The number of nitrogens with one attached hydrogen (secondary N) is 1. The van der Waals surface area contributed by atoms with Crippen LogP contribution in [0.1, 0.15) is 36.1 Å². The van der Waals surface area contributed by atoms with E-state index < -0.39 is 11.8 Å². The third kappa shape index (κ3) is 3.70. The van der Waals surface area contributed by atoms with Crippen LogP contribution in [0.4, 0.5) is 11.5 Å². The molecule has 0 bridgehead atoms. The van der Waals surface area contributed by atoms with Crippen molar-refractivity contribution in [1.29, 1.82) is 0 Å². The number of rotatable bonds is 3. The van der Waals surface area contributed by atoms with E-state index in [0.29, 0.717) is 37.9 Å². The van der Waals surface area contributed by atoms with Crippen LogP contribution in [0.15, 0.2) is 29.9 Å². The van der Waals surface area contributed by atoms with Crippen LogP contribution in [0.3, 0.4) is 0 Å². The number of nitrogens with two attached hydrogens (primary N) is 1. The zero-order valence-corrected chi connectivity index (χ0v) is 18.4. The molecule has 2 aliphatic heterocycles. The topological polar surface area (TPSA) is 120 Å². The molecule has 0 aliphatic carbocycles. The number of nitrogen functional groups attached to an aromatic ring is 1. The molecule has 5 rings (SSSR count). The van der Waals surface area contributed by atoms with Gasteiger partial charge in [-0.05, 0) is 24.1 Å². The molecule has 0 spiro atoms. The molecule has 2 aliphatic rings. The molecule has 2 atom stereocenters. The average Bonchev–Trinajstić information content (AvgIpc) is 3.49. The van der Waals surface area contributed by atoms with Crippen LogP contribution in [-0.4, -0.2) is 45.9 Å². The fraction of sp³-hybridized carbons (Fsp3) is 0.364. The lowest BCUT2D eigenvalue weighted by molar-refractivity contribution is -0.153. The second kappa shape index (κ2) is 8.45. The normalized spacial score (nSPS) is 20.3. The van der Waals surface area contributed by atoms with Crippen molar-refractivity contribution in [2.75, 3.05) is 24.2 Å². The van der Waals surface area contributed by atoms with Gasteiger partial charge < -0.3 is 25.4 Å². The Morgan fingerprint density at radius 2 is 2.12 bits per heavy atom. The van der Waals surface area contributed by atoms with Crippen LogP contribution in [0.25, 0.3) is 10.2 Å².